The lowest BCUT2D eigenvalue weighted by molar-refractivity contribution is -0.274. The van der Waals surface area contributed by atoms with E-state index in [4.69, 9.17) is 16.6 Å². The minimum atomic E-state index is -4.77. The van der Waals surface area contributed by atoms with Crippen LogP contribution in [0.25, 0.3) is 11.3 Å². The van der Waals surface area contributed by atoms with Crippen molar-refractivity contribution in [2.45, 2.75) is 19.5 Å². The first-order valence-electron chi connectivity index (χ1n) is 12.6. The summed E-state index contributed by atoms with van der Waals surface area (Å²) in [6.07, 6.45) is -4.77. The number of amides is 1. The molecule has 1 aliphatic heterocycles. The second-order valence-electron chi connectivity index (χ2n) is 9.31. The van der Waals surface area contributed by atoms with Gasteiger partial charge in [0, 0.05) is 60.8 Å². The van der Waals surface area contributed by atoms with Crippen molar-refractivity contribution in [3.63, 3.8) is 0 Å². The van der Waals surface area contributed by atoms with Crippen LogP contribution in [-0.4, -0.2) is 48.3 Å². The van der Waals surface area contributed by atoms with Crippen molar-refractivity contribution < 1.29 is 22.7 Å². The number of halogens is 4. The van der Waals surface area contributed by atoms with Gasteiger partial charge in [-0.3, -0.25) is 4.79 Å². The lowest BCUT2D eigenvalue weighted by atomic mass is 10.1. The summed E-state index contributed by atoms with van der Waals surface area (Å²) in [5, 5.41) is 6.50. The smallest absolute Gasteiger partial charge is 0.406 e. The molecule has 0 radical (unpaired) electrons. The zero-order valence-corrected chi connectivity index (χ0v) is 22.9. The molecule has 3 aromatic carbocycles. The van der Waals surface area contributed by atoms with Crippen LogP contribution in [0.15, 0.2) is 78.2 Å². The number of carbonyl (C=O) groups is 1. The molecule has 6 nitrogen and oxygen atoms in total. The van der Waals surface area contributed by atoms with Crippen LogP contribution in [0.4, 0.5) is 18.3 Å². The van der Waals surface area contributed by atoms with E-state index in [-0.39, 0.29) is 11.7 Å². The van der Waals surface area contributed by atoms with E-state index in [9.17, 15) is 18.0 Å². The Balaban J connectivity index is 1.38. The molecule has 0 spiro atoms. The normalized spacial score (nSPS) is 13.8. The molecule has 208 valence electrons. The third-order valence-corrected chi connectivity index (χ3v) is 7.54. The Hall–Kier alpha value is -3.60. The number of hydrogen-bond acceptors (Lipinski definition) is 6. The maximum atomic E-state index is 12.9. The molecule has 0 atom stereocenters. The fourth-order valence-electron chi connectivity index (χ4n) is 4.44. The SMILES string of the molecule is O=C(c1ccc(CN(Cc2cccc(OC(F)(F)F)c2)c2nc(-c3ccc(Cl)cc3)cs2)cc1)N1CCNCC1. The third kappa shape index (κ3) is 7.32. The molecular weight excluding hydrogens is 561 g/mol. The first kappa shape index (κ1) is 27.9. The second-order valence-corrected chi connectivity index (χ2v) is 10.6. The number of carbonyl (C=O) groups excluding carboxylic acids is 1. The van der Waals surface area contributed by atoms with Crippen molar-refractivity contribution in [3.8, 4) is 17.0 Å². The van der Waals surface area contributed by atoms with E-state index in [0.717, 1.165) is 29.9 Å². The van der Waals surface area contributed by atoms with E-state index in [0.29, 0.717) is 47.5 Å². The van der Waals surface area contributed by atoms with Crippen LogP contribution in [0.5, 0.6) is 5.75 Å². The molecule has 1 aliphatic rings. The summed E-state index contributed by atoms with van der Waals surface area (Å²) < 4.78 is 42.5. The highest BCUT2D eigenvalue weighted by atomic mass is 35.5. The molecule has 40 heavy (non-hydrogen) atoms. The Morgan fingerprint density at radius 1 is 1.00 bits per heavy atom. The minimum absolute atomic E-state index is 0.00100. The lowest BCUT2D eigenvalue weighted by Gasteiger charge is -2.27. The molecule has 4 aromatic rings. The first-order valence-corrected chi connectivity index (χ1v) is 13.9. The van der Waals surface area contributed by atoms with Gasteiger partial charge < -0.3 is 19.9 Å². The Morgan fingerprint density at radius 3 is 2.40 bits per heavy atom. The molecule has 1 saturated heterocycles. The molecule has 0 aliphatic carbocycles. The van der Waals surface area contributed by atoms with Gasteiger partial charge in [0.25, 0.3) is 5.91 Å². The summed E-state index contributed by atoms with van der Waals surface area (Å²) in [4.78, 5) is 21.5. The molecule has 11 heteroatoms. The quantitative estimate of drug-likeness (QED) is 0.252. The van der Waals surface area contributed by atoms with Crippen LogP contribution in [0, 0.1) is 0 Å². The van der Waals surface area contributed by atoms with E-state index in [1.165, 1.54) is 29.5 Å². The van der Waals surface area contributed by atoms with E-state index in [2.05, 4.69) is 10.1 Å². The third-order valence-electron chi connectivity index (χ3n) is 6.39. The number of rotatable bonds is 8. The number of piperazine rings is 1. The van der Waals surface area contributed by atoms with Crippen molar-refractivity contribution in [1.29, 1.82) is 0 Å². The van der Waals surface area contributed by atoms with Gasteiger partial charge in [-0.25, -0.2) is 4.98 Å². The number of hydrogen-bond donors (Lipinski definition) is 1. The molecular formula is C29H26ClF3N4O2S. The van der Waals surface area contributed by atoms with Gasteiger partial charge in [0.2, 0.25) is 0 Å². The van der Waals surface area contributed by atoms with Gasteiger partial charge in [-0.2, -0.15) is 0 Å². The summed E-state index contributed by atoms with van der Waals surface area (Å²) in [5.74, 6) is -0.277. The summed E-state index contributed by atoms with van der Waals surface area (Å²) in [7, 11) is 0. The van der Waals surface area contributed by atoms with Crippen LogP contribution >= 0.6 is 22.9 Å². The van der Waals surface area contributed by atoms with Crippen molar-refractivity contribution in [1.82, 2.24) is 15.2 Å². The number of anilines is 1. The lowest BCUT2D eigenvalue weighted by Crippen LogP contribution is -2.46. The predicted octanol–water partition coefficient (Wildman–Crippen LogP) is 6.61. The number of thiazole rings is 1. The van der Waals surface area contributed by atoms with Crippen LogP contribution in [0.2, 0.25) is 5.02 Å². The largest absolute Gasteiger partial charge is 0.573 e. The van der Waals surface area contributed by atoms with Crippen LogP contribution in [0.3, 0.4) is 0 Å². The Labute approximate surface area is 239 Å². The van der Waals surface area contributed by atoms with Crippen LogP contribution in [-0.2, 0) is 13.1 Å². The Kier molecular flexibility index (Phi) is 8.58. The predicted molar refractivity (Wildman–Crippen MR) is 151 cm³/mol. The fraction of sp³-hybridized carbons (Fsp3) is 0.241. The number of aromatic nitrogens is 1. The average molecular weight is 587 g/mol. The van der Waals surface area contributed by atoms with Gasteiger partial charge in [-0.15, -0.1) is 24.5 Å². The molecule has 0 unspecified atom stereocenters. The number of nitrogens with one attached hydrogen (secondary N) is 1. The number of alkyl halides is 3. The van der Waals surface area contributed by atoms with Crippen molar-refractivity contribution in [2.75, 3.05) is 31.1 Å². The topological polar surface area (TPSA) is 57.7 Å². The van der Waals surface area contributed by atoms with Crippen LogP contribution in [0.1, 0.15) is 21.5 Å². The van der Waals surface area contributed by atoms with Crippen molar-refractivity contribution >= 4 is 34.0 Å². The molecule has 1 fully saturated rings. The maximum Gasteiger partial charge on any atom is 0.573 e. The summed E-state index contributed by atoms with van der Waals surface area (Å²) >= 11 is 7.47. The van der Waals surface area contributed by atoms with Gasteiger partial charge in [0.1, 0.15) is 5.75 Å². The zero-order valence-electron chi connectivity index (χ0n) is 21.3. The highest BCUT2D eigenvalue weighted by Gasteiger charge is 2.31. The standard InChI is InChI=1S/C29H26ClF3N4O2S/c30-24-10-8-22(9-11-24)26-19-40-28(35-26)37(18-21-2-1-3-25(16-21)39-29(31,32)33)17-20-4-6-23(7-5-20)27(38)36-14-12-34-13-15-36/h1-11,16,19,34H,12-15,17-18H2. The molecule has 2 heterocycles. The van der Waals surface area contributed by atoms with E-state index < -0.39 is 6.36 Å². The van der Waals surface area contributed by atoms with Gasteiger partial charge in [-0.05, 0) is 47.5 Å². The highest BCUT2D eigenvalue weighted by Crippen LogP contribution is 2.31. The van der Waals surface area contributed by atoms with E-state index in [1.54, 1.807) is 18.2 Å². The van der Waals surface area contributed by atoms with Crippen molar-refractivity contribution in [3.05, 3.63) is 99.9 Å². The Bertz CT molecular complexity index is 1440. The summed E-state index contributed by atoms with van der Waals surface area (Å²) in [6, 6.07) is 20.7. The zero-order chi connectivity index (χ0) is 28.1. The van der Waals surface area contributed by atoms with Gasteiger partial charge >= 0.3 is 6.36 Å². The fourth-order valence-corrected chi connectivity index (χ4v) is 5.40. The average Bonchev–Trinajstić information content (AvgIpc) is 3.43. The van der Waals surface area contributed by atoms with Gasteiger partial charge in [-0.1, -0.05) is 48.0 Å². The number of benzene rings is 3. The molecule has 1 N–H and O–H groups in total. The second kappa shape index (κ2) is 12.3. The molecule has 0 saturated carbocycles. The molecule has 1 amide bonds. The summed E-state index contributed by atoms with van der Waals surface area (Å²) in [6.45, 7) is 3.63. The maximum absolute atomic E-state index is 12.9. The minimum Gasteiger partial charge on any atom is -0.406 e. The molecule has 0 bridgehead atoms. The Morgan fingerprint density at radius 2 is 1.70 bits per heavy atom. The number of nitrogens with zero attached hydrogens (tertiary/aromatic N) is 3. The van der Waals surface area contributed by atoms with Crippen molar-refractivity contribution in [2.24, 2.45) is 0 Å². The van der Waals surface area contributed by atoms with Gasteiger partial charge in [0.05, 0.1) is 5.69 Å². The summed E-state index contributed by atoms with van der Waals surface area (Å²) in [5.41, 5.74) is 3.86. The van der Waals surface area contributed by atoms with Gasteiger partial charge in [0.15, 0.2) is 5.13 Å². The van der Waals surface area contributed by atoms with Crippen LogP contribution < -0.4 is 15.0 Å². The van der Waals surface area contributed by atoms with E-state index >= 15 is 0 Å². The monoisotopic (exact) mass is 586 g/mol. The molecule has 5 rings (SSSR count). The highest BCUT2D eigenvalue weighted by molar-refractivity contribution is 7.14. The van der Waals surface area contributed by atoms with E-state index in [1.807, 2.05) is 51.6 Å². The molecule has 1 aromatic heterocycles. The first-order chi connectivity index (χ1) is 19.2. The number of ether oxygens (including phenoxy) is 1.